The second-order valence-corrected chi connectivity index (χ2v) is 13.4. The molecule has 17 heteroatoms. The summed E-state index contributed by atoms with van der Waals surface area (Å²) in [5.41, 5.74) is 11.7. The van der Waals surface area contributed by atoms with E-state index in [0.29, 0.717) is 0 Å². The topological polar surface area (TPSA) is 320 Å². The molecular formula is C38H24N4O13. The van der Waals surface area contributed by atoms with Crippen LogP contribution in [0.3, 0.4) is 0 Å². The highest BCUT2D eigenvalue weighted by Crippen LogP contribution is 2.57. The molecule has 274 valence electrons. The van der Waals surface area contributed by atoms with Gasteiger partial charge in [-0.25, -0.2) is 0 Å². The highest BCUT2D eigenvalue weighted by Gasteiger charge is 2.57. The first-order chi connectivity index (χ1) is 26.0. The van der Waals surface area contributed by atoms with Crippen molar-refractivity contribution < 1.29 is 55.2 Å². The van der Waals surface area contributed by atoms with E-state index in [-0.39, 0.29) is 12.0 Å². The Labute approximate surface area is 302 Å². The average Bonchev–Trinajstić information content (AvgIpc) is 3.71. The predicted molar refractivity (Wildman–Crippen MR) is 190 cm³/mol. The fraction of sp³-hybridized carbons (Fsp3) is 0.184. The van der Waals surface area contributed by atoms with Gasteiger partial charge in [0, 0.05) is 32.8 Å². The van der Waals surface area contributed by atoms with Gasteiger partial charge in [-0.15, -0.1) is 0 Å². The van der Waals surface area contributed by atoms with Crippen molar-refractivity contribution in [2.24, 2.45) is 0 Å². The van der Waals surface area contributed by atoms with Gasteiger partial charge in [-0.2, -0.15) is 9.58 Å². The van der Waals surface area contributed by atoms with Crippen molar-refractivity contribution in [1.82, 2.24) is 0 Å². The number of phenolic OH excluding ortho intramolecular Hbond substituents is 6. The lowest BCUT2D eigenvalue weighted by molar-refractivity contribution is -0.106. The molecule has 0 bridgehead atoms. The summed E-state index contributed by atoms with van der Waals surface area (Å²) in [5, 5.41) is 86.5. The standard InChI is InChI=1S/C38H24N4O13/c1-3-9-14(31(48)19-20-24(28(41-39)23(19)30(9)47)34(51)17-12(45)7-5-10(43)15(17)32(20)49)27-36(53)22-21-25(29(42-40)26(22)37(54)38(27,55)4-2)35(52)18-13(46)8-6-11(44)16(18)33(21)50/h5-8,27,37,47-52,54-55H,3-4H2,1-2H3/t27-,37+,38-/m0/s1. The van der Waals surface area contributed by atoms with Crippen molar-refractivity contribution in [2.45, 2.75) is 44.3 Å². The van der Waals surface area contributed by atoms with Gasteiger partial charge in [0.05, 0.1) is 33.0 Å². The van der Waals surface area contributed by atoms with Crippen LogP contribution in [-0.2, 0) is 6.42 Å². The second kappa shape index (κ2) is 11.1. The van der Waals surface area contributed by atoms with Crippen LogP contribution in [0.15, 0.2) is 43.4 Å². The van der Waals surface area contributed by atoms with Crippen LogP contribution in [0.4, 0.5) is 0 Å². The van der Waals surface area contributed by atoms with E-state index in [0.717, 1.165) is 24.3 Å². The molecule has 3 atom stereocenters. The van der Waals surface area contributed by atoms with Gasteiger partial charge in [0.25, 0.3) is 0 Å². The van der Waals surface area contributed by atoms with E-state index in [4.69, 9.17) is 0 Å². The number of phenols is 6. The van der Waals surface area contributed by atoms with Gasteiger partial charge < -0.3 is 51.9 Å². The minimum Gasteiger partial charge on any atom is -0.507 e. The fourth-order valence-electron chi connectivity index (χ4n) is 8.72. The summed E-state index contributed by atoms with van der Waals surface area (Å²) in [4.78, 5) is 72.9. The maximum absolute atomic E-state index is 15.1. The lowest BCUT2D eigenvalue weighted by Gasteiger charge is -2.42. The third kappa shape index (κ3) is 3.85. The number of carbonyl (C=O) groups excluding carboxylic acids is 1. The van der Waals surface area contributed by atoms with Gasteiger partial charge in [-0.05, 0) is 37.1 Å². The molecule has 8 rings (SSSR count). The SMILES string of the molecule is CCc1c([C@H]2C(=O)c3c(c(=[N+]=[N-])c4c(O)c5c(=O)ccc(=O)c5c(O)c34)[C@@H](O)[C@]2(O)CC)c(O)c2c(c1O)c(=[N+]=[N-])c1c(O)c3c(=O)ccc(=O)c3c(O)c12. The van der Waals surface area contributed by atoms with Crippen molar-refractivity contribution in [3.63, 3.8) is 0 Å². The van der Waals surface area contributed by atoms with Crippen LogP contribution in [0.2, 0.25) is 0 Å². The molecular weight excluding hydrogens is 720 g/mol. The number of aliphatic hydroxyl groups excluding tert-OH is 1. The molecule has 55 heavy (non-hydrogen) atoms. The zero-order valence-corrected chi connectivity index (χ0v) is 28.3. The summed E-state index contributed by atoms with van der Waals surface area (Å²) in [7, 11) is 0. The van der Waals surface area contributed by atoms with E-state index in [2.05, 4.69) is 9.58 Å². The molecule has 0 saturated carbocycles. The van der Waals surface area contributed by atoms with Crippen molar-refractivity contribution in [1.29, 1.82) is 0 Å². The molecule has 7 aromatic carbocycles. The van der Waals surface area contributed by atoms with E-state index in [1.54, 1.807) is 0 Å². The molecule has 0 fully saturated rings. The quantitative estimate of drug-likeness (QED) is 0.0708. The molecule has 8 N–H and O–H groups in total. The molecule has 0 amide bonds. The number of aromatic hydroxyl groups is 6. The fourth-order valence-corrected chi connectivity index (χ4v) is 8.72. The number of rotatable bonds is 3. The minimum absolute atomic E-state index is 0.263. The van der Waals surface area contributed by atoms with Crippen molar-refractivity contribution >= 4 is 59.6 Å². The monoisotopic (exact) mass is 744 g/mol. The predicted octanol–water partition coefficient (Wildman–Crippen LogP) is 0.856. The van der Waals surface area contributed by atoms with Crippen LogP contribution >= 0.6 is 0 Å². The highest BCUT2D eigenvalue weighted by molar-refractivity contribution is 6.27. The molecule has 0 radical (unpaired) electrons. The Morgan fingerprint density at radius 2 is 0.964 bits per heavy atom. The number of hydrogen-bond acceptors (Lipinski definition) is 13. The Hall–Kier alpha value is -7.29. The minimum atomic E-state index is -2.70. The lowest BCUT2D eigenvalue weighted by atomic mass is 9.65. The first kappa shape index (κ1) is 34.8. The van der Waals surface area contributed by atoms with Crippen LogP contribution < -0.4 is 32.4 Å². The number of fused-ring (bicyclic) bond motifs is 8. The number of benzene rings is 5. The van der Waals surface area contributed by atoms with Gasteiger partial charge in [0.2, 0.25) is 0 Å². The highest BCUT2D eigenvalue weighted by atomic mass is 16.3. The van der Waals surface area contributed by atoms with Crippen molar-refractivity contribution in [3.8, 4) is 34.5 Å². The van der Waals surface area contributed by atoms with Crippen LogP contribution in [0, 0.1) is 0 Å². The normalized spacial score (nSPS) is 18.4. The third-order valence-corrected chi connectivity index (χ3v) is 11.1. The molecule has 7 aromatic rings. The van der Waals surface area contributed by atoms with Gasteiger partial charge in [-0.3, -0.25) is 24.0 Å². The maximum Gasteiger partial charge on any atom is 0.338 e. The summed E-state index contributed by atoms with van der Waals surface area (Å²) < 4.78 is 0. The van der Waals surface area contributed by atoms with E-state index in [1.165, 1.54) is 13.8 Å². The van der Waals surface area contributed by atoms with E-state index in [1.807, 2.05) is 0 Å². The Morgan fingerprint density at radius 1 is 0.564 bits per heavy atom. The van der Waals surface area contributed by atoms with Gasteiger partial charge in [0.15, 0.2) is 27.5 Å². The second-order valence-electron chi connectivity index (χ2n) is 13.4. The van der Waals surface area contributed by atoms with E-state index in [9.17, 15) is 71.1 Å². The molecule has 1 aliphatic rings. The first-order valence-corrected chi connectivity index (χ1v) is 16.6. The average molecular weight is 745 g/mol. The first-order valence-electron chi connectivity index (χ1n) is 16.6. The summed E-state index contributed by atoms with van der Waals surface area (Å²) >= 11 is 0. The number of nitrogens with zero attached hydrogens (tertiary/aromatic N) is 4. The number of hydrogen-bond donors (Lipinski definition) is 8. The molecule has 0 heterocycles. The van der Waals surface area contributed by atoms with Crippen LogP contribution in [-0.4, -0.2) is 61.8 Å². The molecule has 17 nitrogen and oxygen atoms in total. The van der Waals surface area contributed by atoms with Gasteiger partial charge in [0.1, 0.15) is 62.4 Å². The zero-order valence-electron chi connectivity index (χ0n) is 28.3. The Balaban J connectivity index is 1.60. The van der Waals surface area contributed by atoms with Crippen molar-refractivity contribution in [2.75, 3.05) is 0 Å². The lowest BCUT2D eigenvalue weighted by Crippen LogP contribution is -2.50. The molecule has 0 saturated heterocycles. The van der Waals surface area contributed by atoms with E-state index < -0.39 is 167 Å². The summed E-state index contributed by atoms with van der Waals surface area (Å²) in [6.07, 6.45) is -3.05. The Morgan fingerprint density at radius 3 is 1.40 bits per heavy atom. The third-order valence-electron chi connectivity index (χ3n) is 11.1. The maximum atomic E-state index is 15.1. The van der Waals surface area contributed by atoms with Gasteiger partial charge >= 0.3 is 10.7 Å². The summed E-state index contributed by atoms with van der Waals surface area (Å²) in [6.45, 7) is 2.78. The number of ketones is 1. The van der Waals surface area contributed by atoms with Gasteiger partial charge in [-0.1, -0.05) is 13.8 Å². The smallest absolute Gasteiger partial charge is 0.338 e. The number of aliphatic hydroxyl groups is 2. The van der Waals surface area contributed by atoms with E-state index >= 15 is 4.79 Å². The Kier molecular flexibility index (Phi) is 7.03. The number of carbonyl (C=O) groups is 1. The number of Topliss-reactive ketones (excluding diaryl/α,β-unsaturated/α-hetero) is 1. The van der Waals surface area contributed by atoms with Crippen LogP contribution in [0.5, 0.6) is 34.5 Å². The molecule has 0 aromatic heterocycles. The molecule has 0 unspecified atom stereocenters. The Bertz CT molecular complexity index is 3420. The molecule has 1 aliphatic carbocycles. The van der Waals surface area contributed by atoms with Crippen LogP contribution in [0.1, 0.15) is 59.3 Å². The van der Waals surface area contributed by atoms with Crippen molar-refractivity contribution in [3.05, 3.63) is 109 Å². The van der Waals surface area contributed by atoms with Crippen LogP contribution in [0.25, 0.3) is 64.9 Å². The molecule has 0 spiro atoms. The zero-order chi connectivity index (χ0) is 39.9. The summed E-state index contributed by atoms with van der Waals surface area (Å²) in [5.74, 6) is -9.16. The molecule has 0 aliphatic heterocycles. The summed E-state index contributed by atoms with van der Waals surface area (Å²) in [6, 6.07) is 3.27. The largest absolute Gasteiger partial charge is 0.507 e.